The highest BCUT2D eigenvalue weighted by molar-refractivity contribution is 6.13. The second kappa shape index (κ2) is 8.95. The van der Waals surface area contributed by atoms with E-state index in [1.807, 2.05) is 85.8 Å². The van der Waals surface area contributed by atoms with Gasteiger partial charge in [-0.1, -0.05) is 48.5 Å². The van der Waals surface area contributed by atoms with Gasteiger partial charge in [0.1, 0.15) is 11.4 Å². The average molecular weight is 465 g/mol. The molecule has 1 N–H and O–H groups in total. The SMILES string of the molecule is COc1cccc(-c2cc(C(=O)Nc3c(C)n(C)n(-c4ccccc4)c3=O)c3ccccc3n2)c1. The summed E-state index contributed by atoms with van der Waals surface area (Å²) in [7, 11) is 3.40. The van der Waals surface area contributed by atoms with Crippen LogP contribution >= 0.6 is 0 Å². The number of ether oxygens (including phenoxy) is 1. The minimum atomic E-state index is -0.376. The summed E-state index contributed by atoms with van der Waals surface area (Å²) < 4.78 is 8.63. The average Bonchev–Trinajstić information content (AvgIpc) is 3.11. The van der Waals surface area contributed by atoms with Crippen LogP contribution in [0, 0.1) is 6.92 Å². The van der Waals surface area contributed by atoms with E-state index in [4.69, 9.17) is 9.72 Å². The molecule has 2 aromatic heterocycles. The van der Waals surface area contributed by atoms with Crippen LogP contribution in [0.1, 0.15) is 16.1 Å². The van der Waals surface area contributed by atoms with E-state index < -0.39 is 0 Å². The molecule has 0 atom stereocenters. The fraction of sp³-hybridized carbons (Fsp3) is 0.107. The molecule has 0 bridgehead atoms. The number of amides is 1. The van der Waals surface area contributed by atoms with Crippen molar-refractivity contribution < 1.29 is 9.53 Å². The van der Waals surface area contributed by atoms with Crippen molar-refractivity contribution in [3.63, 3.8) is 0 Å². The molecule has 7 nitrogen and oxygen atoms in total. The maximum Gasteiger partial charge on any atom is 0.295 e. The van der Waals surface area contributed by atoms with Crippen molar-refractivity contribution in [2.45, 2.75) is 6.92 Å². The number of carbonyl (C=O) groups is 1. The van der Waals surface area contributed by atoms with Crippen molar-refractivity contribution in [1.82, 2.24) is 14.3 Å². The first kappa shape index (κ1) is 22.2. The quantitative estimate of drug-likeness (QED) is 0.399. The molecular weight excluding hydrogens is 440 g/mol. The Labute approximate surface area is 202 Å². The molecular formula is C28H24N4O3. The summed E-state index contributed by atoms with van der Waals surface area (Å²) in [5, 5.41) is 3.58. The number of hydrogen-bond acceptors (Lipinski definition) is 4. The molecule has 0 saturated carbocycles. The number of nitrogens with one attached hydrogen (secondary N) is 1. The van der Waals surface area contributed by atoms with E-state index in [1.54, 1.807) is 24.9 Å². The molecule has 0 aliphatic heterocycles. The number of para-hydroxylation sites is 2. The van der Waals surface area contributed by atoms with E-state index in [2.05, 4.69) is 5.32 Å². The number of nitrogens with zero attached hydrogens (tertiary/aromatic N) is 3. The molecule has 7 heteroatoms. The summed E-state index contributed by atoms with van der Waals surface area (Å²) in [6, 6.07) is 26.1. The van der Waals surface area contributed by atoms with Crippen molar-refractivity contribution >= 4 is 22.5 Å². The summed E-state index contributed by atoms with van der Waals surface area (Å²) in [6.07, 6.45) is 0. The summed E-state index contributed by atoms with van der Waals surface area (Å²) in [6.45, 7) is 1.81. The van der Waals surface area contributed by atoms with Gasteiger partial charge in [-0.15, -0.1) is 0 Å². The van der Waals surface area contributed by atoms with Gasteiger partial charge in [0.2, 0.25) is 0 Å². The number of rotatable bonds is 5. The smallest absolute Gasteiger partial charge is 0.295 e. The molecule has 0 saturated heterocycles. The Morgan fingerprint density at radius 1 is 0.943 bits per heavy atom. The van der Waals surface area contributed by atoms with E-state index in [9.17, 15) is 9.59 Å². The van der Waals surface area contributed by atoms with E-state index >= 15 is 0 Å². The van der Waals surface area contributed by atoms with E-state index in [-0.39, 0.29) is 17.2 Å². The van der Waals surface area contributed by atoms with Crippen LogP contribution in [0.4, 0.5) is 5.69 Å². The van der Waals surface area contributed by atoms with Gasteiger partial charge in [-0.2, -0.15) is 0 Å². The fourth-order valence-electron chi connectivity index (χ4n) is 4.19. The van der Waals surface area contributed by atoms with Crippen LogP contribution < -0.4 is 15.6 Å². The van der Waals surface area contributed by atoms with E-state index in [0.717, 1.165) is 11.3 Å². The topological polar surface area (TPSA) is 78.1 Å². The van der Waals surface area contributed by atoms with Gasteiger partial charge in [0.05, 0.1) is 35.3 Å². The first-order chi connectivity index (χ1) is 17.0. The Kier molecular flexibility index (Phi) is 5.66. The lowest BCUT2D eigenvalue weighted by molar-refractivity contribution is 0.102. The largest absolute Gasteiger partial charge is 0.497 e. The Morgan fingerprint density at radius 2 is 1.69 bits per heavy atom. The molecule has 0 aliphatic rings. The highest BCUT2D eigenvalue weighted by Gasteiger charge is 2.21. The Morgan fingerprint density at radius 3 is 2.46 bits per heavy atom. The number of fused-ring (bicyclic) bond motifs is 1. The van der Waals surface area contributed by atoms with Crippen LogP contribution in [0.5, 0.6) is 5.75 Å². The lowest BCUT2D eigenvalue weighted by atomic mass is 10.0. The first-order valence-electron chi connectivity index (χ1n) is 11.2. The Balaban J connectivity index is 1.60. The van der Waals surface area contributed by atoms with Crippen LogP contribution in [0.3, 0.4) is 0 Å². The van der Waals surface area contributed by atoms with Gasteiger partial charge in [-0.3, -0.25) is 14.3 Å². The predicted octanol–water partition coefficient (Wildman–Crippen LogP) is 4.96. The third-order valence-corrected chi connectivity index (χ3v) is 6.12. The Hall–Kier alpha value is -4.65. The number of aromatic nitrogens is 3. The molecule has 0 spiro atoms. The monoisotopic (exact) mass is 464 g/mol. The summed E-state index contributed by atoms with van der Waals surface area (Å²) in [5.41, 5.74) is 3.90. The van der Waals surface area contributed by atoms with Gasteiger partial charge in [0.15, 0.2) is 0 Å². The maximum absolute atomic E-state index is 13.6. The zero-order chi connectivity index (χ0) is 24.5. The van der Waals surface area contributed by atoms with Crippen LogP contribution in [0.2, 0.25) is 0 Å². The zero-order valence-electron chi connectivity index (χ0n) is 19.6. The molecule has 0 aliphatic carbocycles. The van der Waals surface area contributed by atoms with Crippen molar-refractivity contribution in [2.24, 2.45) is 7.05 Å². The van der Waals surface area contributed by atoms with Crippen LogP contribution in [0.25, 0.3) is 27.8 Å². The van der Waals surface area contributed by atoms with Gasteiger partial charge < -0.3 is 10.1 Å². The van der Waals surface area contributed by atoms with Crippen LogP contribution in [-0.2, 0) is 7.05 Å². The third-order valence-electron chi connectivity index (χ3n) is 6.12. The number of anilines is 1. The lowest BCUT2D eigenvalue weighted by Gasteiger charge is -2.11. The normalized spacial score (nSPS) is 10.9. The van der Waals surface area contributed by atoms with E-state index in [0.29, 0.717) is 33.6 Å². The van der Waals surface area contributed by atoms with Gasteiger partial charge in [-0.25, -0.2) is 9.67 Å². The number of pyridine rings is 1. The van der Waals surface area contributed by atoms with Crippen LogP contribution in [-0.4, -0.2) is 27.4 Å². The van der Waals surface area contributed by atoms with Gasteiger partial charge in [-0.05, 0) is 43.3 Å². The van der Waals surface area contributed by atoms with Crippen molar-refractivity contribution in [2.75, 3.05) is 12.4 Å². The summed E-state index contributed by atoms with van der Waals surface area (Å²) in [5.74, 6) is 0.323. The summed E-state index contributed by atoms with van der Waals surface area (Å²) >= 11 is 0. The fourth-order valence-corrected chi connectivity index (χ4v) is 4.19. The minimum Gasteiger partial charge on any atom is -0.497 e. The second-order valence-electron chi connectivity index (χ2n) is 8.19. The van der Waals surface area contributed by atoms with Crippen molar-refractivity contribution in [3.05, 3.63) is 107 Å². The molecule has 0 fully saturated rings. The van der Waals surface area contributed by atoms with Crippen molar-refractivity contribution in [3.8, 4) is 22.7 Å². The third kappa shape index (κ3) is 3.97. The number of hydrogen-bond donors (Lipinski definition) is 1. The predicted molar refractivity (Wildman–Crippen MR) is 137 cm³/mol. The highest BCUT2D eigenvalue weighted by Crippen LogP contribution is 2.28. The lowest BCUT2D eigenvalue weighted by Crippen LogP contribution is -2.23. The van der Waals surface area contributed by atoms with Crippen LogP contribution in [0.15, 0.2) is 89.7 Å². The molecule has 0 radical (unpaired) electrons. The second-order valence-corrected chi connectivity index (χ2v) is 8.19. The highest BCUT2D eigenvalue weighted by atomic mass is 16.5. The molecule has 5 rings (SSSR count). The minimum absolute atomic E-state index is 0.241. The molecule has 0 unspecified atom stereocenters. The maximum atomic E-state index is 13.6. The molecule has 174 valence electrons. The first-order valence-corrected chi connectivity index (χ1v) is 11.2. The van der Waals surface area contributed by atoms with Gasteiger partial charge in [0, 0.05) is 18.0 Å². The number of carbonyl (C=O) groups excluding carboxylic acids is 1. The number of benzene rings is 3. The van der Waals surface area contributed by atoms with Crippen molar-refractivity contribution in [1.29, 1.82) is 0 Å². The van der Waals surface area contributed by atoms with E-state index in [1.165, 1.54) is 4.68 Å². The summed E-state index contributed by atoms with van der Waals surface area (Å²) in [4.78, 5) is 31.6. The van der Waals surface area contributed by atoms with Gasteiger partial charge >= 0.3 is 0 Å². The molecule has 2 heterocycles. The van der Waals surface area contributed by atoms with Gasteiger partial charge in [0.25, 0.3) is 11.5 Å². The molecule has 35 heavy (non-hydrogen) atoms. The Bertz CT molecular complexity index is 1620. The molecule has 5 aromatic rings. The molecule has 3 aromatic carbocycles. The molecule has 1 amide bonds. The number of methoxy groups -OCH3 is 1. The zero-order valence-corrected chi connectivity index (χ0v) is 19.6. The standard InChI is InChI=1S/C28H24N4O3/c1-18-26(28(34)32(31(18)2)20-11-5-4-6-12-20)30-27(33)23-17-25(19-10-9-13-21(16-19)35-3)29-24-15-8-7-14-22(23)24/h4-17H,1-3H3,(H,30,33).